The van der Waals surface area contributed by atoms with Gasteiger partial charge in [0.05, 0.1) is 18.1 Å². The molecule has 0 saturated carbocycles. The van der Waals surface area contributed by atoms with Crippen molar-refractivity contribution in [3.63, 3.8) is 0 Å². The zero-order valence-electron chi connectivity index (χ0n) is 10.6. The smallest absolute Gasteiger partial charge is 0.331 e. The monoisotopic (exact) mass is 448 g/mol. The molecule has 22 heavy (non-hydrogen) atoms. The highest BCUT2D eigenvalue weighted by atomic mass is 127. The van der Waals surface area contributed by atoms with Crippen LogP contribution in [0.25, 0.3) is 0 Å². The molecule has 2 heterocycles. The van der Waals surface area contributed by atoms with Gasteiger partial charge in [-0.25, -0.2) is 4.79 Å². The Bertz CT molecular complexity index is 712. The van der Waals surface area contributed by atoms with Gasteiger partial charge in [-0.2, -0.15) is 0 Å². The third-order valence-electron chi connectivity index (χ3n) is 2.92. The number of aromatic amines is 1. The van der Waals surface area contributed by atoms with E-state index in [1.807, 2.05) is 4.98 Å². The molecular weight excluding hydrogens is 438 g/mol. The predicted molar refractivity (Wildman–Crippen MR) is 73.5 cm³/mol. The average Bonchev–Trinajstić information content (AvgIpc) is 2.63. The molecular formula is C9H10IN2O9P-2. The minimum atomic E-state index is -5.27. The van der Waals surface area contributed by atoms with E-state index >= 15 is 0 Å². The molecule has 1 aromatic rings. The average molecular weight is 448 g/mol. The largest absolute Gasteiger partial charge is 0.790 e. The number of H-pyrrole nitrogens is 1. The summed E-state index contributed by atoms with van der Waals surface area (Å²) in [4.78, 5) is 45.7. The Balaban J connectivity index is 2.26. The third kappa shape index (κ3) is 3.83. The van der Waals surface area contributed by atoms with Crippen molar-refractivity contribution in [2.45, 2.75) is 24.5 Å². The van der Waals surface area contributed by atoms with Gasteiger partial charge >= 0.3 is 5.69 Å². The van der Waals surface area contributed by atoms with Crippen LogP contribution in [0.3, 0.4) is 0 Å². The van der Waals surface area contributed by atoms with Crippen LogP contribution in [0.4, 0.5) is 0 Å². The Hall–Kier alpha value is -0.600. The molecule has 2 rings (SSSR count). The van der Waals surface area contributed by atoms with Crippen molar-refractivity contribution < 1.29 is 33.8 Å². The number of nitrogens with one attached hydrogen (secondary N) is 1. The molecule has 0 aliphatic carbocycles. The molecule has 1 fully saturated rings. The summed E-state index contributed by atoms with van der Waals surface area (Å²) < 4.78 is 20.6. The summed E-state index contributed by atoms with van der Waals surface area (Å²) in [6, 6.07) is 1.07. The summed E-state index contributed by atoms with van der Waals surface area (Å²) in [6.07, 6.45) is -5.90. The van der Waals surface area contributed by atoms with Crippen molar-refractivity contribution in [3.05, 3.63) is 30.6 Å². The molecule has 1 aliphatic rings. The topological polar surface area (TPSA) is 177 Å². The minimum absolute atomic E-state index is 0.127. The summed E-state index contributed by atoms with van der Waals surface area (Å²) in [5.74, 6) is 0. The van der Waals surface area contributed by atoms with Crippen molar-refractivity contribution in [2.75, 3.05) is 6.61 Å². The minimum Gasteiger partial charge on any atom is -0.790 e. The Kier molecular flexibility index (Phi) is 5.23. The molecule has 0 bridgehead atoms. The highest BCUT2D eigenvalue weighted by Gasteiger charge is 2.44. The van der Waals surface area contributed by atoms with Gasteiger partial charge in [0.15, 0.2) is 6.23 Å². The quantitative estimate of drug-likeness (QED) is 0.241. The van der Waals surface area contributed by atoms with E-state index in [1.165, 1.54) is 0 Å². The molecule has 0 radical (unpaired) electrons. The fourth-order valence-electron chi connectivity index (χ4n) is 1.96. The molecule has 1 unspecified atom stereocenters. The van der Waals surface area contributed by atoms with Gasteiger partial charge in [-0.3, -0.25) is 14.3 Å². The first kappa shape index (κ1) is 17.7. The maximum atomic E-state index is 11.8. The van der Waals surface area contributed by atoms with Gasteiger partial charge in [0.2, 0.25) is 0 Å². The van der Waals surface area contributed by atoms with E-state index < -0.39 is 50.2 Å². The van der Waals surface area contributed by atoms with Crippen LogP contribution in [0.1, 0.15) is 6.23 Å². The number of phosphoric ester groups is 1. The maximum absolute atomic E-state index is 11.8. The summed E-state index contributed by atoms with van der Waals surface area (Å²) in [5.41, 5.74) is -1.54. The molecule has 11 nitrogen and oxygen atoms in total. The second-order valence-electron chi connectivity index (χ2n) is 4.42. The Labute approximate surface area is 135 Å². The van der Waals surface area contributed by atoms with Crippen LogP contribution in [0, 0.1) is 3.70 Å². The number of hydrogen-bond donors (Lipinski definition) is 3. The number of aromatic nitrogens is 2. The van der Waals surface area contributed by atoms with Gasteiger partial charge in [-0.15, -0.1) is 0 Å². The van der Waals surface area contributed by atoms with E-state index in [1.54, 1.807) is 22.6 Å². The summed E-state index contributed by atoms with van der Waals surface area (Å²) in [5, 5.41) is 19.7. The maximum Gasteiger partial charge on any atom is 0.331 e. The van der Waals surface area contributed by atoms with Gasteiger partial charge in [0, 0.05) is 6.07 Å². The second-order valence-corrected chi connectivity index (χ2v) is 6.68. The first-order chi connectivity index (χ1) is 10.1. The lowest BCUT2D eigenvalue weighted by molar-refractivity contribution is -0.343. The molecule has 3 N–H and O–H groups in total. The van der Waals surface area contributed by atoms with Crippen LogP contribution in [-0.4, -0.2) is 44.7 Å². The van der Waals surface area contributed by atoms with Crippen molar-refractivity contribution in [2.24, 2.45) is 0 Å². The van der Waals surface area contributed by atoms with Crippen molar-refractivity contribution in [3.8, 4) is 0 Å². The SMILES string of the molecule is O=c1cc(I)n([C@@H]2O[C@H](COP(=O)([O-])[O-])[C@H](O)C2O)c(=O)[nH]1. The van der Waals surface area contributed by atoms with E-state index in [0.717, 1.165) is 10.6 Å². The van der Waals surface area contributed by atoms with E-state index in [9.17, 15) is 34.2 Å². The highest BCUT2D eigenvalue weighted by Crippen LogP contribution is 2.32. The number of aliphatic hydroxyl groups is 2. The molecule has 124 valence electrons. The zero-order chi connectivity index (χ0) is 16.7. The van der Waals surface area contributed by atoms with Crippen LogP contribution in [0.15, 0.2) is 15.7 Å². The molecule has 0 amide bonds. The molecule has 0 aromatic carbocycles. The fourth-order valence-corrected chi connectivity index (χ4v) is 3.06. The Morgan fingerprint density at radius 1 is 1.41 bits per heavy atom. The van der Waals surface area contributed by atoms with Crippen LogP contribution >= 0.6 is 30.4 Å². The van der Waals surface area contributed by atoms with Gasteiger partial charge < -0.3 is 33.8 Å². The summed E-state index contributed by atoms with van der Waals surface area (Å²) >= 11 is 1.65. The van der Waals surface area contributed by atoms with Crippen molar-refractivity contribution in [1.82, 2.24) is 9.55 Å². The summed E-state index contributed by atoms with van der Waals surface area (Å²) in [7, 11) is -5.27. The lowest BCUT2D eigenvalue weighted by atomic mass is 10.1. The number of hydrogen-bond acceptors (Lipinski definition) is 9. The van der Waals surface area contributed by atoms with Crippen LogP contribution in [-0.2, 0) is 13.8 Å². The van der Waals surface area contributed by atoms with Crippen molar-refractivity contribution in [1.29, 1.82) is 0 Å². The molecule has 1 saturated heterocycles. The van der Waals surface area contributed by atoms with Crippen LogP contribution in [0.2, 0.25) is 0 Å². The molecule has 1 aliphatic heterocycles. The first-order valence-corrected chi connectivity index (χ1v) is 8.33. The predicted octanol–water partition coefficient (Wildman–Crippen LogP) is -3.39. The number of ether oxygens (including phenoxy) is 1. The van der Waals surface area contributed by atoms with E-state index in [0.29, 0.717) is 0 Å². The normalized spacial score (nSPS) is 29.0. The molecule has 13 heteroatoms. The van der Waals surface area contributed by atoms with E-state index in [2.05, 4.69) is 4.52 Å². The summed E-state index contributed by atoms with van der Waals surface area (Å²) in [6.45, 7) is -0.812. The second kappa shape index (κ2) is 6.49. The highest BCUT2D eigenvalue weighted by molar-refractivity contribution is 14.1. The molecule has 1 aromatic heterocycles. The van der Waals surface area contributed by atoms with Gasteiger partial charge in [-0.05, 0) is 22.6 Å². The first-order valence-electron chi connectivity index (χ1n) is 5.80. The van der Waals surface area contributed by atoms with Crippen molar-refractivity contribution >= 4 is 30.4 Å². The third-order valence-corrected chi connectivity index (χ3v) is 4.21. The lowest BCUT2D eigenvalue weighted by Gasteiger charge is -2.30. The number of nitrogens with zero attached hydrogens (tertiary/aromatic N) is 1. The molecule has 4 atom stereocenters. The fraction of sp³-hybridized carbons (Fsp3) is 0.556. The van der Waals surface area contributed by atoms with Crippen LogP contribution in [0.5, 0.6) is 0 Å². The van der Waals surface area contributed by atoms with E-state index in [-0.39, 0.29) is 3.70 Å². The van der Waals surface area contributed by atoms with Gasteiger partial charge in [-0.1, -0.05) is 0 Å². The lowest BCUT2D eigenvalue weighted by Crippen LogP contribution is -2.39. The van der Waals surface area contributed by atoms with Crippen LogP contribution < -0.4 is 21.0 Å². The Morgan fingerprint density at radius 2 is 2.05 bits per heavy atom. The molecule has 0 spiro atoms. The number of phosphoric acid groups is 1. The zero-order valence-corrected chi connectivity index (χ0v) is 13.7. The Morgan fingerprint density at radius 3 is 2.59 bits per heavy atom. The van der Waals surface area contributed by atoms with Gasteiger partial charge in [0.25, 0.3) is 5.56 Å². The van der Waals surface area contributed by atoms with Gasteiger partial charge in [0.1, 0.15) is 18.3 Å². The number of aliphatic hydroxyl groups excluding tert-OH is 2. The number of halogens is 1. The standard InChI is InChI=1S/C9H12IN2O9P/c10-4-1-5(13)11-9(16)12(4)8-7(15)6(14)3(21-8)2-20-22(17,18)19/h1,3,6-8,14-15H,2H2,(H,11,13,16)(H2,17,18,19)/p-2/t3-,6+,7?,8-/m1/s1. The number of rotatable bonds is 4. The van der Waals surface area contributed by atoms with E-state index in [4.69, 9.17) is 4.74 Å².